The third-order valence-corrected chi connectivity index (χ3v) is 9.65. The molecule has 5 nitrogen and oxygen atoms in total. The number of hydrogen-bond donors (Lipinski definition) is 0. The number of furan rings is 1. The van der Waals surface area contributed by atoms with Gasteiger partial charge in [0.1, 0.15) is 5.58 Å². The molecule has 52 heavy (non-hydrogen) atoms. The van der Waals surface area contributed by atoms with Crippen molar-refractivity contribution in [2.24, 2.45) is 0 Å². The van der Waals surface area contributed by atoms with Crippen LogP contribution in [0.4, 0.5) is 17.1 Å². The smallest absolute Gasteiger partial charge is 0.164 e. The van der Waals surface area contributed by atoms with E-state index in [-0.39, 0.29) is 0 Å². The maximum absolute atomic E-state index is 6.94. The first-order valence-electron chi connectivity index (χ1n) is 17.4. The van der Waals surface area contributed by atoms with Gasteiger partial charge in [0.25, 0.3) is 0 Å². The second kappa shape index (κ2) is 12.3. The summed E-state index contributed by atoms with van der Waals surface area (Å²) in [7, 11) is 0. The summed E-state index contributed by atoms with van der Waals surface area (Å²) in [5.41, 5.74) is 7.34. The van der Waals surface area contributed by atoms with E-state index in [1.165, 1.54) is 5.39 Å². The summed E-state index contributed by atoms with van der Waals surface area (Å²) in [6.07, 6.45) is 0. The highest BCUT2D eigenvalue weighted by Gasteiger charge is 2.25. The Morgan fingerprint density at radius 2 is 1.00 bits per heavy atom. The van der Waals surface area contributed by atoms with Crippen LogP contribution in [-0.4, -0.2) is 15.0 Å². The first-order chi connectivity index (χ1) is 25.8. The van der Waals surface area contributed by atoms with E-state index in [1.807, 2.05) is 54.6 Å². The molecular weight excluding hydrogens is 637 g/mol. The van der Waals surface area contributed by atoms with E-state index in [2.05, 4.69) is 132 Å². The highest BCUT2D eigenvalue weighted by atomic mass is 16.3. The number of benzene rings is 8. The number of rotatable bonds is 6. The van der Waals surface area contributed by atoms with E-state index in [4.69, 9.17) is 19.4 Å². The van der Waals surface area contributed by atoms with E-state index in [1.54, 1.807) is 0 Å². The number of hydrogen-bond acceptors (Lipinski definition) is 5. The van der Waals surface area contributed by atoms with Gasteiger partial charge in [0.15, 0.2) is 23.1 Å². The van der Waals surface area contributed by atoms with Crippen molar-refractivity contribution >= 4 is 60.5 Å². The van der Waals surface area contributed by atoms with Crippen LogP contribution in [0.3, 0.4) is 0 Å². The second-order valence-electron chi connectivity index (χ2n) is 12.8. The van der Waals surface area contributed by atoms with Crippen LogP contribution in [0.1, 0.15) is 0 Å². The van der Waals surface area contributed by atoms with Crippen LogP contribution in [0, 0.1) is 0 Å². The van der Waals surface area contributed by atoms with Gasteiger partial charge in [-0.15, -0.1) is 0 Å². The molecule has 0 radical (unpaired) electrons. The zero-order chi connectivity index (χ0) is 34.4. The molecule has 8 aromatic carbocycles. The average Bonchev–Trinajstić information content (AvgIpc) is 3.60. The van der Waals surface area contributed by atoms with Crippen molar-refractivity contribution in [3.8, 4) is 34.2 Å². The molecule has 0 amide bonds. The Morgan fingerprint density at radius 3 is 1.73 bits per heavy atom. The highest BCUT2D eigenvalue weighted by molar-refractivity contribution is 6.22. The van der Waals surface area contributed by atoms with E-state index in [0.717, 1.165) is 71.8 Å². The largest absolute Gasteiger partial charge is 0.454 e. The Hall–Kier alpha value is -7.11. The molecule has 0 aliphatic rings. The lowest BCUT2D eigenvalue weighted by atomic mass is 9.99. The Kier molecular flexibility index (Phi) is 7.07. The van der Waals surface area contributed by atoms with E-state index in [0.29, 0.717) is 17.5 Å². The molecule has 2 aromatic heterocycles. The summed E-state index contributed by atoms with van der Waals surface area (Å²) in [6, 6.07) is 62.6. The monoisotopic (exact) mass is 666 g/mol. The van der Waals surface area contributed by atoms with Crippen LogP contribution in [-0.2, 0) is 0 Å². The zero-order valence-corrected chi connectivity index (χ0v) is 28.0. The standard InChI is InChI=1S/C47H30N4O/c1-4-16-32(17-5-1)45-48-46(35-28-27-31-15-10-11-18-33(31)29-35)50-47(49-45)39-25-14-26-41-42(39)40-30-34-19-12-13-24-38(34)43(44(40)52-41)51(36-20-6-2-7-21-36)37-22-8-3-9-23-37/h1-30H. The summed E-state index contributed by atoms with van der Waals surface area (Å²) >= 11 is 0. The number of aromatic nitrogens is 3. The van der Waals surface area contributed by atoms with Gasteiger partial charge in [-0.2, -0.15) is 0 Å². The van der Waals surface area contributed by atoms with Crippen LogP contribution >= 0.6 is 0 Å². The van der Waals surface area contributed by atoms with Crippen LogP contribution in [0.15, 0.2) is 186 Å². The van der Waals surface area contributed by atoms with Gasteiger partial charge in [0.2, 0.25) is 0 Å². The minimum absolute atomic E-state index is 0.586. The number of anilines is 3. The van der Waals surface area contributed by atoms with Gasteiger partial charge in [0.05, 0.1) is 5.69 Å². The summed E-state index contributed by atoms with van der Waals surface area (Å²) < 4.78 is 6.94. The van der Waals surface area contributed by atoms with E-state index in [9.17, 15) is 0 Å². The van der Waals surface area contributed by atoms with Gasteiger partial charge in [-0.3, -0.25) is 0 Å². The quantitative estimate of drug-likeness (QED) is 0.177. The van der Waals surface area contributed by atoms with Gasteiger partial charge in [-0.1, -0.05) is 140 Å². The fraction of sp³-hybridized carbons (Fsp3) is 0. The normalized spacial score (nSPS) is 11.5. The molecule has 0 aliphatic heterocycles. The van der Waals surface area contributed by atoms with Crippen molar-refractivity contribution in [3.63, 3.8) is 0 Å². The number of para-hydroxylation sites is 2. The van der Waals surface area contributed by atoms with Crippen LogP contribution < -0.4 is 4.90 Å². The lowest BCUT2D eigenvalue weighted by Crippen LogP contribution is -2.10. The maximum atomic E-state index is 6.94. The first-order valence-corrected chi connectivity index (χ1v) is 17.4. The third-order valence-electron chi connectivity index (χ3n) is 9.65. The molecule has 5 heteroatoms. The van der Waals surface area contributed by atoms with Gasteiger partial charge >= 0.3 is 0 Å². The van der Waals surface area contributed by atoms with Gasteiger partial charge in [0, 0.05) is 44.2 Å². The molecular formula is C47H30N4O. The van der Waals surface area contributed by atoms with Crippen molar-refractivity contribution in [2.75, 3.05) is 4.90 Å². The fourth-order valence-corrected chi connectivity index (χ4v) is 7.24. The maximum Gasteiger partial charge on any atom is 0.164 e. The van der Waals surface area contributed by atoms with Gasteiger partial charge < -0.3 is 9.32 Å². The molecule has 244 valence electrons. The van der Waals surface area contributed by atoms with Crippen LogP contribution in [0.25, 0.3) is 77.6 Å². The Labute approximate surface area is 300 Å². The molecule has 2 heterocycles. The number of nitrogens with zero attached hydrogens (tertiary/aromatic N) is 4. The van der Waals surface area contributed by atoms with Crippen molar-refractivity contribution < 1.29 is 4.42 Å². The van der Waals surface area contributed by atoms with Gasteiger partial charge in [-0.05, 0) is 58.6 Å². The molecule has 0 atom stereocenters. The average molecular weight is 667 g/mol. The van der Waals surface area contributed by atoms with E-state index >= 15 is 0 Å². The minimum Gasteiger partial charge on any atom is -0.454 e. The summed E-state index contributed by atoms with van der Waals surface area (Å²) in [4.78, 5) is 17.6. The van der Waals surface area contributed by atoms with Crippen LogP contribution in [0.5, 0.6) is 0 Å². The molecule has 10 rings (SSSR count). The van der Waals surface area contributed by atoms with Crippen LogP contribution in [0.2, 0.25) is 0 Å². The minimum atomic E-state index is 0.586. The lowest BCUT2D eigenvalue weighted by Gasteiger charge is -2.27. The topological polar surface area (TPSA) is 55.1 Å². The predicted molar refractivity (Wildman–Crippen MR) is 213 cm³/mol. The van der Waals surface area contributed by atoms with E-state index < -0.39 is 0 Å². The molecule has 0 aliphatic carbocycles. The highest BCUT2D eigenvalue weighted by Crippen LogP contribution is 2.48. The number of fused-ring (bicyclic) bond motifs is 5. The summed E-state index contributed by atoms with van der Waals surface area (Å²) in [6.45, 7) is 0. The van der Waals surface area contributed by atoms with Crippen molar-refractivity contribution in [1.82, 2.24) is 15.0 Å². The molecule has 0 saturated heterocycles. The molecule has 0 unspecified atom stereocenters. The Morgan fingerprint density at radius 1 is 0.404 bits per heavy atom. The molecule has 0 fully saturated rings. The molecule has 10 aromatic rings. The molecule has 0 bridgehead atoms. The fourth-order valence-electron chi connectivity index (χ4n) is 7.24. The molecule has 0 N–H and O–H groups in total. The Balaban J connectivity index is 1.26. The summed E-state index contributed by atoms with van der Waals surface area (Å²) in [5.74, 6) is 1.82. The second-order valence-corrected chi connectivity index (χ2v) is 12.8. The predicted octanol–water partition coefficient (Wildman–Crippen LogP) is 12.5. The van der Waals surface area contributed by atoms with Crippen molar-refractivity contribution in [1.29, 1.82) is 0 Å². The SMILES string of the molecule is c1ccc(-c2nc(-c3ccc4ccccc4c3)nc(-c3cccc4oc5c(N(c6ccccc6)c6ccccc6)c6ccccc6cc5c34)n2)cc1. The zero-order valence-electron chi connectivity index (χ0n) is 28.0. The summed E-state index contributed by atoms with van der Waals surface area (Å²) in [5, 5.41) is 6.45. The van der Waals surface area contributed by atoms with Gasteiger partial charge in [-0.25, -0.2) is 15.0 Å². The Bertz CT molecular complexity index is 2860. The van der Waals surface area contributed by atoms with Crippen molar-refractivity contribution in [3.05, 3.63) is 182 Å². The van der Waals surface area contributed by atoms with Crippen molar-refractivity contribution in [2.45, 2.75) is 0 Å². The lowest BCUT2D eigenvalue weighted by molar-refractivity contribution is 0.669. The molecule has 0 saturated carbocycles. The first kappa shape index (κ1) is 29.8. The third kappa shape index (κ3) is 5.07. The molecule has 0 spiro atoms.